The standard InChI is InChI=1S/C19H23FN4O3/c1-2-26-19(25)18-13(9-21-22-18)10-24-7-6-16-15(11-24)17(23-27-16)12-4-3-5-14(20)8-12/h3-5,8,13,18,21-22H,2,6-7,9-11H2,1H3. The first-order chi connectivity index (χ1) is 13.2. The third-order valence-corrected chi connectivity index (χ3v) is 5.13. The van der Waals surface area contributed by atoms with Crippen LogP contribution in [0.1, 0.15) is 18.2 Å². The van der Waals surface area contributed by atoms with Crippen molar-refractivity contribution < 1.29 is 18.4 Å². The lowest BCUT2D eigenvalue weighted by molar-refractivity contribution is -0.146. The molecule has 2 aliphatic rings. The fourth-order valence-electron chi connectivity index (χ4n) is 3.80. The molecule has 27 heavy (non-hydrogen) atoms. The molecule has 7 nitrogen and oxygen atoms in total. The molecule has 2 unspecified atom stereocenters. The van der Waals surface area contributed by atoms with Crippen LogP contribution in [0.15, 0.2) is 28.8 Å². The Hall–Kier alpha value is -2.29. The summed E-state index contributed by atoms with van der Waals surface area (Å²) in [4.78, 5) is 14.4. The topological polar surface area (TPSA) is 79.6 Å². The van der Waals surface area contributed by atoms with Crippen LogP contribution >= 0.6 is 0 Å². The van der Waals surface area contributed by atoms with Crippen LogP contribution in [0.25, 0.3) is 11.3 Å². The second-order valence-electron chi connectivity index (χ2n) is 6.94. The summed E-state index contributed by atoms with van der Waals surface area (Å²) < 4.78 is 24.2. The maximum absolute atomic E-state index is 13.6. The van der Waals surface area contributed by atoms with Gasteiger partial charge in [0.25, 0.3) is 0 Å². The van der Waals surface area contributed by atoms with E-state index in [1.807, 2.05) is 6.07 Å². The van der Waals surface area contributed by atoms with Crippen molar-refractivity contribution in [2.75, 3.05) is 26.2 Å². The average molecular weight is 374 g/mol. The van der Waals surface area contributed by atoms with Crippen molar-refractivity contribution in [1.82, 2.24) is 20.9 Å². The summed E-state index contributed by atoms with van der Waals surface area (Å²) in [5.74, 6) is 0.450. The lowest BCUT2D eigenvalue weighted by atomic mass is 9.97. The quantitative estimate of drug-likeness (QED) is 0.768. The van der Waals surface area contributed by atoms with E-state index in [2.05, 4.69) is 20.9 Å². The molecule has 0 bridgehead atoms. The van der Waals surface area contributed by atoms with Gasteiger partial charge in [-0.05, 0) is 19.1 Å². The molecule has 2 aliphatic heterocycles. The Morgan fingerprint density at radius 2 is 2.37 bits per heavy atom. The second-order valence-corrected chi connectivity index (χ2v) is 6.94. The van der Waals surface area contributed by atoms with E-state index in [0.717, 1.165) is 36.4 Å². The SMILES string of the molecule is CCOC(=O)C1NNCC1CN1CCc2onc(-c3cccc(F)c3)c2C1. The number of nitrogens with one attached hydrogen (secondary N) is 2. The van der Waals surface area contributed by atoms with Crippen molar-refractivity contribution in [3.8, 4) is 11.3 Å². The molecule has 144 valence electrons. The summed E-state index contributed by atoms with van der Waals surface area (Å²) in [5, 5.41) is 4.18. The molecule has 4 rings (SSSR count). The first-order valence-electron chi connectivity index (χ1n) is 9.26. The van der Waals surface area contributed by atoms with Gasteiger partial charge in [0.2, 0.25) is 0 Å². The average Bonchev–Trinajstić information content (AvgIpc) is 3.28. The number of halogens is 1. The number of hydrogen-bond donors (Lipinski definition) is 2. The molecule has 1 aromatic carbocycles. The minimum Gasteiger partial charge on any atom is -0.465 e. The number of carbonyl (C=O) groups is 1. The Morgan fingerprint density at radius 3 is 3.19 bits per heavy atom. The minimum absolute atomic E-state index is 0.114. The molecule has 1 aromatic heterocycles. The molecule has 8 heteroatoms. The maximum atomic E-state index is 13.6. The summed E-state index contributed by atoms with van der Waals surface area (Å²) in [6.45, 7) is 5.12. The molecular formula is C19H23FN4O3. The van der Waals surface area contributed by atoms with Crippen LogP contribution in [0.4, 0.5) is 4.39 Å². The van der Waals surface area contributed by atoms with Gasteiger partial charge in [0.05, 0.1) is 6.61 Å². The number of aromatic nitrogens is 1. The Bertz CT molecular complexity index is 825. The maximum Gasteiger partial charge on any atom is 0.324 e. The number of carbonyl (C=O) groups excluding carboxylic acids is 1. The fraction of sp³-hybridized carbons (Fsp3) is 0.474. The normalized spacial score (nSPS) is 22.6. The van der Waals surface area contributed by atoms with Gasteiger partial charge in [0.1, 0.15) is 23.3 Å². The predicted octanol–water partition coefficient (Wildman–Crippen LogP) is 1.49. The summed E-state index contributed by atoms with van der Waals surface area (Å²) in [5.41, 5.74) is 8.48. The predicted molar refractivity (Wildman–Crippen MR) is 95.9 cm³/mol. The Kier molecular flexibility index (Phi) is 5.20. The molecule has 2 atom stereocenters. The highest BCUT2D eigenvalue weighted by Gasteiger charge is 2.36. The zero-order valence-electron chi connectivity index (χ0n) is 15.2. The van der Waals surface area contributed by atoms with E-state index in [0.29, 0.717) is 25.4 Å². The van der Waals surface area contributed by atoms with Gasteiger partial charge in [0, 0.05) is 49.6 Å². The van der Waals surface area contributed by atoms with Crippen LogP contribution in [0.5, 0.6) is 0 Å². The summed E-state index contributed by atoms with van der Waals surface area (Å²) in [6, 6.07) is 6.04. The summed E-state index contributed by atoms with van der Waals surface area (Å²) in [6.07, 6.45) is 0.745. The number of nitrogens with zero attached hydrogens (tertiary/aromatic N) is 2. The van der Waals surface area contributed by atoms with E-state index < -0.39 is 0 Å². The first kappa shape index (κ1) is 18.1. The molecule has 0 saturated carbocycles. The number of ether oxygens (including phenoxy) is 1. The molecule has 0 aliphatic carbocycles. The highest BCUT2D eigenvalue weighted by atomic mass is 19.1. The van der Waals surface area contributed by atoms with Crippen LogP contribution in [-0.2, 0) is 22.5 Å². The lowest BCUT2D eigenvalue weighted by Crippen LogP contribution is -2.44. The van der Waals surface area contributed by atoms with Crippen molar-refractivity contribution in [1.29, 1.82) is 0 Å². The van der Waals surface area contributed by atoms with Gasteiger partial charge in [-0.2, -0.15) is 0 Å². The number of rotatable bonds is 5. The second kappa shape index (κ2) is 7.75. The van der Waals surface area contributed by atoms with Crippen molar-refractivity contribution in [3.63, 3.8) is 0 Å². The van der Waals surface area contributed by atoms with Crippen LogP contribution in [0.3, 0.4) is 0 Å². The van der Waals surface area contributed by atoms with Crippen LogP contribution < -0.4 is 10.9 Å². The van der Waals surface area contributed by atoms with E-state index in [1.54, 1.807) is 13.0 Å². The zero-order valence-corrected chi connectivity index (χ0v) is 15.2. The van der Waals surface area contributed by atoms with E-state index in [9.17, 15) is 9.18 Å². The number of esters is 1. The van der Waals surface area contributed by atoms with Crippen LogP contribution in [0.2, 0.25) is 0 Å². The number of hydrazine groups is 1. The van der Waals surface area contributed by atoms with Gasteiger partial charge in [-0.25, -0.2) is 9.82 Å². The molecule has 0 radical (unpaired) electrons. The van der Waals surface area contributed by atoms with E-state index in [-0.39, 0.29) is 23.7 Å². The van der Waals surface area contributed by atoms with Crippen molar-refractivity contribution in [3.05, 3.63) is 41.4 Å². The van der Waals surface area contributed by atoms with Gasteiger partial charge in [-0.3, -0.25) is 15.1 Å². The summed E-state index contributed by atoms with van der Waals surface area (Å²) >= 11 is 0. The molecule has 3 heterocycles. The van der Waals surface area contributed by atoms with Gasteiger partial charge >= 0.3 is 5.97 Å². The highest BCUT2D eigenvalue weighted by Crippen LogP contribution is 2.30. The highest BCUT2D eigenvalue weighted by molar-refractivity contribution is 5.76. The largest absolute Gasteiger partial charge is 0.465 e. The minimum atomic E-state index is -0.350. The Labute approximate surface area is 156 Å². The number of benzene rings is 1. The van der Waals surface area contributed by atoms with Crippen molar-refractivity contribution >= 4 is 5.97 Å². The van der Waals surface area contributed by atoms with Crippen LogP contribution in [-0.4, -0.2) is 48.3 Å². The van der Waals surface area contributed by atoms with Gasteiger partial charge < -0.3 is 9.26 Å². The molecule has 1 fully saturated rings. The van der Waals surface area contributed by atoms with E-state index in [4.69, 9.17) is 9.26 Å². The Morgan fingerprint density at radius 1 is 1.48 bits per heavy atom. The molecule has 0 amide bonds. The van der Waals surface area contributed by atoms with E-state index in [1.165, 1.54) is 12.1 Å². The smallest absolute Gasteiger partial charge is 0.324 e. The lowest BCUT2D eigenvalue weighted by Gasteiger charge is -2.29. The molecule has 1 saturated heterocycles. The zero-order chi connectivity index (χ0) is 18.8. The molecular weight excluding hydrogens is 351 g/mol. The molecule has 2 aromatic rings. The monoisotopic (exact) mass is 374 g/mol. The Balaban J connectivity index is 1.48. The third-order valence-electron chi connectivity index (χ3n) is 5.13. The molecule has 2 N–H and O–H groups in total. The van der Waals surface area contributed by atoms with Crippen LogP contribution in [0, 0.1) is 11.7 Å². The van der Waals surface area contributed by atoms with Crippen molar-refractivity contribution in [2.45, 2.75) is 25.9 Å². The third kappa shape index (κ3) is 3.73. The van der Waals surface area contributed by atoms with Crippen molar-refractivity contribution in [2.24, 2.45) is 5.92 Å². The number of fused-ring (bicyclic) bond motifs is 1. The number of hydrogen-bond acceptors (Lipinski definition) is 7. The summed E-state index contributed by atoms with van der Waals surface area (Å²) in [7, 11) is 0. The van der Waals surface area contributed by atoms with E-state index >= 15 is 0 Å². The van der Waals surface area contributed by atoms with Gasteiger partial charge in [-0.1, -0.05) is 17.3 Å². The van der Waals surface area contributed by atoms with Gasteiger partial charge in [-0.15, -0.1) is 0 Å². The van der Waals surface area contributed by atoms with Gasteiger partial charge in [0.15, 0.2) is 0 Å². The first-order valence-corrected chi connectivity index (χ1v) is 9.26. The fourth-order valence-corrected chi connectivity index (χ4v) is 3.80. The molecule has 0 spiro atoms.